The van der Waals surface area contributed by atoms with Crippen LogP contribution in [-0.4, -0.2) is 39.6 Å². The number of primary amides is 1. The van der Waals surface area contributed by atoms with Crippen molar-refractivity contribution in [3.05, 3.63) is 33.9 Å². The van der Waals surface area contributed by atoms with Crippen molar-refractivity contribution in [3.8, 4) is 0 Å². The molecule has 2 amide bonds. The smallest absolute Gasteiger partial charge is 0.308 e. The average Bonchev–Trinajstić information content (AvgIpc) is 3.00. The van der Waals surface area contributed by atoms with Crippen molar-refractivity contribution in [2.45, 2.75) is 30.2 Å². The number of aliphatic carboxylic acids is 1. The lowest BCUT2D eigenvalue weighted by molar-refractivity contribution is -0.387. The van der Waals surface area contributed by atoms with Crippen molar-refractivity contribution in [2.24, 2.45) is 11.7 Å². The fourth-order valence-corrected chi connectivity index (χ4v) is 3.57. The van der Waals surface area contributed by atoms with Gasteiger partial charge in [-0.25, -0.2) is 0 Å². The van der Waals surface area contributed by atoms with Gasteiger partial charge in [0, 0.05) is 17.7 Å². The van der Waals surface area contributed by atoms with Gasteiger partial charge in [0.2, 0.25) is 11.8 Å². The SMILES string of the molecule is NC(=O)c1ccc(SCC(=O)N[C@@H]2CCC[C@@H]2C(=O)O)c([N+](=O)[O-])c1. The monoisotopic (exact) mass is 367 g/mol. The maximum atomic E-state index is 12.0. The third kappa shape index (κ3) is 4.69. The summed E-state index contributed by atoms with van der Waals surface area (Å²) in [5.74, 6) is -2.80. The maximum Gasteiger partial charge on any atom is 0.308 e. The molecule has 0 unspecified atom stereocenters. The molecule has 0 aliphatic heterocycles. The number of carboxylic acid groups (broad SMARTS) is 1. The minimum Gasteiger partial charge on any atom is -0.481 e. The van der Waals surface area contributed by atoms with E-state index in [9.17, 15) is 24.5 Å². The van der Waals surface area contributed by atoms with Crippen molar-refractivity contribution in [1.82, 2.24) is 5.32 Å². The first kappa shape index (κ1) is 18.7. The molecule has 2 atom stereocenters. The molecule has 1 fully saturated rings. The molecule has 9 nitrogen and oxygen atoms in total. The summed E-state index contributed by atoms with van der Waals surface area (Å²) in [5, 5.41) is 22.9. The Hall–Kier alpha value is -2.62. The standard InChI is InChI=1S/C15H17N3O6S/c16-14(20)8-4-5-12(11(6-8)18(23)24)25-7-13(19)17-10-3-1-2-9(10)15(21)22/h4-6,9-10H,1-3,7H2,(H2,16,20)(H,17,19)(H,21,22)/t9-,10+/m0/s1. The Morgan fingerprint density at radius 1 is 1.36 bits per heavy atom. The number of thioether (sulfide) groups is 1. The second kappa shape index (κ2) is 7.97. The number of nitro benzene ring substituents is 1. The van der Waals surface area contributed by atoms with E-state index in [4.69, 9.17) is 10.8 Å². The molecule has 10 heteroatoms. The highest BCUT2D eigenvalue weighted by molar-refractivity contribution is 8.00. The Morgan fingerprint density at radius 3 is 2.68 bits per heavy atom. The van der Waals surface area contributed by atoms with Crippen LogP contribution in [0.2, 0.25) is 0 Å². The average molecular weight is 367 g/mol. The number of amides is 2. The van der Waals surface area contributed by atoms with Crippen molar-refractivity contribution >= 4 is 35.2 Å². The van der Waals surface area contributed by atoms with Crippen LogP contribution in [0.15, 0.2) is 23.1 Å². The van der Waals surface area contributed by atoms with E-state index < -0.39 is 34.7 Å². The molecule has 0 saturated heterocycles. The Kier molecular flexibility index (Phi) is 5.97. The van der Waals surface area contributed by atoms with Crippen LogP contribution in [0, 0.1) is 16.0 Å². The van der Waals surface area contributed by atoms with E-state index in [1.165, 1.54) is 12.1 Å². The van der Waals surface area contributed by atoms with Gasteiger partial charge in [0.15, 0.2) is 0 Å². The molecule has 1 aromatic carbocycles. The number of benzene rings is 1. The van der Waals surface area contributed by atoms with Crippen molar-refractivity contribution in [1.29, 1.82) is 0 Å². The lowest BCUT2D eigenvalue weighted by atomic mass is 10.0. The minimum atomic E-state index is -0.937. The first-order chi connectivity index (χ1) is 11.8. The quantitative estimate of drug-likeness (QED) is 0.371. The molecular weight excluding hydrogens is 350 g/mol. The number of hydrogen-bond acceptors (Lipinski definition) is 6. The third-order valence-electron chi connectivity index (χ3n) is 3.98. The summed E-state index contributed by atoms with van der Waals surface area (Å²) in [7, 11) is 0. The van der Waals surface area contributed by atoms with Gasteiger partial charge < -0.3 is 16.2 Å². The lowest BCUT2D eigenvalue weighted by Gasteiger charge is -2.17. The number of rotatable bonds is 7. The van der Waals surface area contributed by atoms with Crippen LogP contribution < -0.4 is 11.1 Å². The number of carbonyl (C=O) groups excluding carboxylic acids is 2. The molecule has 0 aromatic heterocycles. The summed E-state index contributed by atoms with van der Waals surface area (Å²) < 4.78 is 0. The van der Waals surface area contributed by atoms with E-state index in [0.717, 1.165) is 24.2 Å². The van der Waals surface area contributed by atoms with E-state index in [2.05, 4.69) is 5.32 Å². The van der Waals surface area contributed by atoms with Crippen LogP contribution in [0.5, 0.6) is 0 Å². The molecule has 1 aliphatic carbocycles. The summed E-state index contributed by atoms with van der Waals surface area (Å²) >= 11 is 0.944. The summed E-state index contributed by atoms with van der Waals surface area (Å²) in [6.45, 7) is 0. The number of carbonyl (C=O) groups is 3. The summed E-state index contributed by atoms with van der Waals surface area (Å²) in [4.78, 5) is 44.9. The van der Waals surface area contributed by atoms with E-state index in [0.29, 0.717) is 12.8 Å². The molecule has 0 heterocycles. The maximum absolute atomic E-state index is 12.0. The summed E-state index contributed by atoms with van der Waals surface area (Å²) in [5.41, 5.74) is 4.81. The molecule has 4 N–H and O–H groups in total. The Labute approximate surface area is 147 Å². The first-order valence-electron chi connectivity index (χ1n) is 7.52. The number of nitro groups is 1. The van der Waals surface area contributed by atoms with Crippen LogP contribution in [0.25, 0.3) is 0 Å². The predicted molar refractivity (Wildman–Crippen MR) is 89.2 cm³/mol. The second-order valence-corrected chi connectivity index (χ2v) is 6.66. The Bertz CT molecular complexity index is 723. The normalized spacial score (nSPS) is 19.4. The topological polar surface area (TPSA) is 153 Å². The minimum absolute atomic E-state index is 0.00996. The zero-order valence-corrected chi connectivity index (χ0v) is 14.0. The third-order valence-corrected chi connectivity index (χ3v) is 5.04. The van der Waals surface area contributed by atoms with E-state index >= 15 is 0 Å². The van der Waals surface area contributed by atoms with Crippen LogP contribution in [0.4, 0.5) is 5.69 Å². The molecule has 0 spiro atoms. The predicted octanol–water partition coefficient (Wildman–Crippen LogP) is 1.16. The van der Waals surface area contributed by atoms with E-state index in [-0.39, 0.29) is 21.9 Å². The highest BCUT2D eigenvalue weighted by atomic mass is 32.2. The van der Waals surface area contributed by atoms with Crippen molar-refractivity contribution in [3.63, 3.8) is 0 Å². The van der Waals surface area contributed by atoms with Gasteiger partial charge >= 0.3 is 5.97 Å². The molecule has 0 radical (unpaired) electrons. The molecule has 25 heavy (non-hydrogen) atoms. The van der Waals surface area contributed by atoms with E-state index in [1.54, 1.807) is 0 Å². The Morgan fingerprint density at radius 2 is 2.08 bits per heavy atom. The number of nitrogens with zero attached hydrogens (tertiary/aromatic N) is 1. The molecule has 0 bridgehead atoms. The van der Waals surface area contributed by atoms with Crippen molar-refractivity contribution < 1.29 is 24.4 Å². The van der Waals surface area contributed by atoms with Gasteiger partial charge in [-0.2, -0.15) is 0 Å². The van der Waals surface area contributed by atoms with Gasteiger partial charge in [0.25, 0.3) is 5.69 Å². The van der Waals surface area contributed by atoms with Crippen LogP contribution in [0.1, 0.15) is 29.6 Å². The van der Waals surface area contributed by atoms with Gasteiger partial charge in [-0.1, -0.05) is 6.42 Å². The molecule has 1 saturated carbocycles. The fourth-order valence-electron chi connectivity index (χ4n) is 2.76. The zero-order chi connectivity index (χ0) is 18.6. The molecule has 1 aliphatic rings. The van der Waals surface area contributed by atoms with Crippen LogP contribution >= 0.6 is 11.8 Å². The Balaban J connectivity index is 2.01. The molecule has 1 aromatic rings. The largest absolute Gasteiger partial charge is 0.481 e. The second-order valence-electron chi connectivity index (χ2n) is 5.64. The lowest BCUT2D eigenvalue weighted by Crippen LogP contribution is -2.41. The molecule has 134 valence electrons. The number of nitrogens with one attached hydrogen (secondary N) is 1. The van der Waals surface area contributed by atoms with Crippen LogP contribution in [0.3, 0.4) is 0 Å². The van der Waals surface area contributed by atoms with Gasteiger partial charge in [-0.3, -0.25) is 24.5 Å². The zero-order valence-electron chi connectivity index (χ0n) is 13.1. The van der Waals surface area contributed by atoms with Gasteiger partial charge in [-0.15, -0.1) is 11.8 Å². The van der Waals surface area contributed by atoms with Gasteiger partial charge in [-0.05, 0) is 25.0 Å². The first-order valence-corrected chi connectivity index (χ1v) is 8.51. The number of carboxylic acids is 1. The highest BCUT2D eigenvalue weighted by Crippen LogP contribution is 2.30. The number of hydrogen-bond donors (Lipinski definition) is 3. The summed E-state index contributed by atoms with van der Waals surface area (Å²) in [6, 6.07) is 3.37. The molecular formula is C15H17N3O6S. The van der Waals surface area contributed by atoms with Crippen molar-refractivity contribution in [2.75, 3.05) is 5.75 Å². The molecule has 2 rings (SSSR count). The van der Waals surface area contributed by atoms with Crippen LogP contribution in [-0.2, 0) is 9.59 Å². The van der Waals surface area contributed by atoms with Gasteiger partial charge in [0.05, 0.1) is 21.5 Å². The highest BCUT2D eigenvalue weighted by Gasteiger charge is 2.33. The fraction of sp³-hybridized carbons (Fsp3) is 0.400. The van der Waals surface area contributed by atoms with E-state index in [1.807, 2.05) is 0 Å². The summed E-state index contributed by atoms with van der Waals surface area (Å²) in [6.07, 6.45) is 1.85. The number of nitrogens with two attached hydrogens (primary N) is 1. The van der Waals surface area contributed by atoms with Gasteiger partial charge in [0.1, 0.15) is 0 Å².